The van der Waals surface area contributed by atoms with Gasteiger partial charge in [-0.1, -0.05) is 24.3 Å². The van der Waals surface area contributed by atoms with Crippen molar-refractivity contribution in [3.63, 3.8) is 0 Å². The monoisotopic (exact) mass is 496 g/mol. The van der Waals surface area contributed by atoms with Crippen LogP contribution < -0.4 is 9.47 Å². The van der Waals surface area contributed by atoms with Crippen LogP contribution in [-0.2, 0) is 22.3 Å². The fourth-order valence-corrected chi connectivity index (χ4v) is 4.06. The second kappa shape index (κ2) is 8.95. The van der Waals surface area contributed by atoms with Gasteiger partial charge < -0.3 is 18.9 Å². The highest BCUT2D eigenvalue weighted by molar-refractivity contribution is 9.10. The van der Waals surface area contributed by atoms with Crippen molar-refractivity contribution in [1.82, 2.24) is 0 Å². The van der Waals surface area contributed by atoms with Gasteiger partial charge in [-0.3, -0.25) is 0 Å². The zero-order valence-electron chi connectivity index (χ0n) is 15.0. The van der Waals surface area contributed by atoms with E-state index in [-0.39, 0.29) is 0 Å². The average Bonchev–Trinajstić information content (AvgIpc) is 3.55. The van der Waals surface area contributed by atoms with Gasteiger partial charge in [-0.15, -0.1) is 0 Å². The van der Waals surface area contributed by atoms with Crippen LogP contribution in [0.4, 0.5) is 0 Å². The van der Waals surface area contributed by atoms with Gasteiger partial charge in [0, 0.05) is 19.3 Å². The van der Waals surface area contributed by atoms with Gasteiger partial charge in [0.25, 0.3) is 0 Å². The topological polar surface area (TPSA) is 43.5 Å². The Kier molecular flexibility index (Phi) is 6.38. The lowest BCUT2D eigenvalue weighted by Crippen LogP contribution is -2.09. The van der Waals surface area contributed by atoms with Crippen molar-refractivity contribution in [3.8, 4) is 11.5 Å². The number of rotatable bonds is 10. The Morgan fingerprint density at radius 2 is 1.22 bits per heavy atom. The summed E-state index contributed by atoms with van der Waals surface area (Å²) in [7, 11) is 0. The highest BCUT2D eigenvalue weighted by atomic mass is 79.9. The largest absolute Gasteiger partial charge is 0.492 e. The third kappa shape index (κ3) is 5.47. The van der Waals surface area contributed by atoms with Gasteiger partial charge in [-0.25, -0.2) is 0 Å². The Bertz CT molecular complexity index is 722. The zero-order valence-corrected chi connectivity index (χ0v) is 18.1. The lowest BCUT2D eigenvalue weighted by atomic mass is 10.1. The molecule has 0 N–H and O–H groups in total. The first-order valence-electron chi connectivity index (χ1n) is 9.24. The van der Waals surface area contributed by atoms with Crippen LogP contribution in [0.2, 0.25) is 0 Å². The van der Waals surface area contributed by atoms with E-state index in [4.69, 9.17) is 18.9 Å². The van der Waals surface area contributed by atoms with Crippen LogP contribution in [0.5, 0.6) is 11.5 Å². The maximum Gasteiger partial charge on any atom is 0.136 e. The Morgan fingerprint density at radius 3 is 1.63 bits per heavy atom. The summed E-state index contributed by atoms with van der Waals surface area (Å²) in [5.74, 6) is 1.83. The van der Waals surface area contributed by atoms with E-state index in [1.807, 2.05) is 24.3 Å². The molecular weight excluding hydrogens is 476 g/mol. The number of epoxide rings is 2. The molecule has 2 aromatic rings. The lowest BCUT2D eigenvalue weighted by Gasteiger charge is -2.15. The fourth-order valence-electron chi connectivity index (χ4n) is 3.02. The molecule has 2 aliphatic heterocycles. The molecule has 0 spiro atoms. The van der Waals surface area contributed by atoms with E-state index in [9.17, 15) is 0 Å². The van der Waals surface area contributed by atoms with Crippen molar-refractivity contribution in [2.24, 2.45) is 0 Å². The number of benzene rings is 2. The Hall–Kier alpha value is -1.08. The molecule has 6 heteroatoms. The Balaban J connectivity index is 1.29. The van der Waals surface area contributed by atoms with Crippen molar-refractivity contribution >= 4 is 31.9 Å². The predicted octanol–water partition coefficient (Wildman–Crippen LogP) is 4.94. The summed E-state index contributed by atoms with van der Waals surface area (Å²) in [5.41, 5.74) is 2.37. The molecule has 4 rings (SSSR count). The first kappa shape index (κ1) is 19.2. The molecule has 144 valence electrons. The molecule has 4 nitrogen and oxygen atoms in total. The van der Waals surface area contributed by atoms with Crippen LogP contribution in [0, 0.1) is 0 Å². The van der Waals surface area contributed by atoms with Gasteiger partial charge in [-0.05, 0) is 55.1 Å². The van der Waals surface area contributed by atoms with Gasteiger partial charge in [0.2, 0.25) is 0 Å². The van der Waals surface area contributed by atoms with E-state index >= 15 is 0 Å². The number of hydrogen-bond acceptors (Lipinski definition) is 4. The Labute approximate surface area is 176 Å². The van der Waals surface area contributed by atoms with Crippen molar-refractivity contribution < 1.29 is 18.9 Å². The molecule has 2 atom stereocenters. The average molecular weight is 498 g/mol. The third-order valence-electron chi connectivity index (χ3n) is 4.58. The molecule has 2 unspecified atom stereocenters. The first-order valence-corrected chi connectivity index (χ1v) is 10.8. The normalized spacial score (nSPS) is 20.4. The number of para-hydroxylation sites is 2. The first-order chi connectivity index (χ1) is 13.2. The minimum atomic E-state index is 0.342. The molecule has 27 heavy (non-hydrogen) atoms. The summed E-state index contributed by atoms with van der Waals surface area (Å²) in [4.78, 5) is 0. The van der Waals surface area contributed by atoms with Gasteiger partial charge in [0.05, 0.1) is 47.6 Å². The molecular formula is C21H22Br2O4. The molecule has 2 fully saturated rings. The standard InChI is InChI=1S/C21H22Br2O4/c22-18-6-1-4-14(10-16-12-26-16)20(18)24-8-3-9-25-21-15(11-17-13-27-17)5-2-7-19(21)23/h1-2,4-7,16-17H,3,8-13H2. The van der Waals surface area contributed by atoms with Gasteiger partial charge in [0.15, 0.2) is 0 Å². The van der Waals surface area contributed by atoms with Crippen LogP contribution in [0.1, 0.15) is 17.5 Å². The van der Waals surface area contributed by atoms with Crippen molar-refractivity contribution in [2.75, 3.05) is 26.4 Å². The quantitative estimate of drug-likeness (QED) is 0.344. The van der Waals surface area contributed by atoms with E-state index in [0.717, 1.165) is 52.9 Å². The SMILES string of the molecule is Brc1cccc(CC2CO2)c1OCCCOc1c(Br)cccc1CC1CO1. The molecule has 0 saturated carbocycles. The highest BCUT2D eigenvalue weighted by Gasteiger charge is 2.25. The van der Waals surface area contributed by atoms with Gasteiger partial charge in [-0.2, -0.15) is 0 Å². The number of halogens is 2. The molecule has 0 aromatic heterocycles. The van der Waals surface area contributed by atoms with Crippen LogP contribution in [0.15, 0.2) is 45.3 Å². The van der Waals surface area contributed by atoms with Crippen LogP contribution in [-0.4, -0.2) is 38.6 Å². The van der Waals surface area contributed by atoms with E-state index < -0.39 is 0 Å². The number of ether oxygens (including phenoxy) is 4. The third-order valence-corrected chi connectivity index (χ3v) is 5.83. The molecule has 2 saturated heterocycles. The summed E-state index contributed by atoms with van der Waals surface area (Å²) >= 11 is 7.19. The van der Waals surface area contributed by atoms with Gasteiger partial charge >= 0.3 is 0 Å². The second-order valence-corrected chi connectivity index (χ2v) is 8.53. The maximum atomic E-state index is 6.06. The summed E-state index contributed by atoms with van der Waals surface area (Å²) in [6.45, 7) is 2.90. The van der Waals surface area contributed by atoms with Gasteiger partial charge in [0.1, 0.15) is 11.5 Å². The van der Waals surface area contributed by atoms with E-state index in [1.54, 1.807) is 0 Å². The molecule has 2 aromatic carbocycles. The summed E-state index contributed by atoms with van der Waals surface area (Å²) in [5, 5.41) is 0. The van der Waals surface area contributed by atoms with Crippen LogP contribution in [0.25, 0.3) is 0 Å². The molecule has 0 radical (unpaired) electrons. The summed E-state index contributed by atoms with van der Waals surface area (Å²) in [6.07, 6.45) is 3.29. The summed E-state index contributed by atoms with van der Waals surface area (Å²) < 4.78 is 24.8. The molecule has 0 bridgehead atoms. The molecule has 0 amide bonds. The minimum Gasteiger partial charge on any atom is -0.492 e. The predicted molar refractivity (Wildman–Crippen MR) is 111 cm³/mol. The zero-order chi connectivity index (χ0) is 18.6. The molecule has 2 aliphatic rings. The van der Waals surface area contributed by atoms with E-state index in [0.29, 0.717) is 25.4 Å². The van der Waals surface area contributed by atoms with Crippen molar-refractivity contribution in [1.29, 1.82) is 0 Å². The lowest BCUT2D eigenvalue weighted by molar-refractivity contribution is 0.242. The van der Waals surface area contributed by atoms with Crippen molar-refractivity contribution in [3.05, 3.63) is 56.5 Å². The minimum absolute atomic E-state index is 0.342. The highest BCUT2D eigenvalue weighted by Crippen LogP contribution is 2.33. The summed E-state index contributed by atoms with van der Waals surface area (Å²) in [6, 6.07) is 12.3. The second-order valence-electron chi connectivity index (χ2n) is 6.83. The molecule has 2 heterocycles. The molecule has 0 aliphatic carbocycles. The maximum absolute atomic E-state index is 6.06. The Morgan fingerprint density at radius 1 is 0.778 bits per heavy atom. The van der Waals surface area contributed by atoms with E-state index in [2.05, 4.69) is 44.0 Å². The van der Waals surface area contributed by atoms with Crippen LogP contribution in [0.3, 0.4) is 0 Å². The van der Waals surface area contributed by atoms with Crippen molar-refractivity contribution in [2.45, 2.75) is 31.5 Å². The smallest absolute Gasteiger partial charge is 0.136 e. The fraction of sp³-hybridized carbons (Fsp3) is 0.429. The van der Waals surface area contributed by atoms with E-state index in [1.165, 1.54) is 11.1 Å². The van der Waals surface area contributed by atoms with Crippen LogP contribution >= 0.6 is 31.9 Å². The number of hydrogen-bond donors (Lipinski definition) is 0.